The first-order chi connectivity index (χ1) is 8.43. The van der Waals surface area contributed by atoms with Crippen molar-refractivity contribution in [2.45, 2.75) is 52.6 Å². The molecule has 0 aromatic heterocycles. The molecule has 0 spiro atoms. The summed E-state index contributed by atoms with van der Waals surface area (Å²) in [6, 6.07) is 0. The van der Waals surface area contributed by atoms with Crippen molar-refractivity contribution in [2.75, 3.05) is 0 Å². The lowest BCUT2D eigenvalue weighted by molar-refractivity contribution is -0.145. The van der Waals surface area contributed by atoms with Gasteiger partial charge in [-0.2, -0.15) is 0 Å². The zero-order chi connectivity index (χ0) is 13.1. The van der Waals surface area contributed by atoms with Crippen LogP contribution >= 0.6 is 0 Å². The Bertz CT molecular complexity index is 462. The van der Waals surface area contributed by atoms with Crippen LogP contribution in [0.5, 0.6) is 0 Å². The molecule has 0 saturated heterocycles. The molecule has 98 valence electrons. The van der Waals surface area contributed by atoms with Gasteiger partial charge in [-0.3, -0.25) is 4.79 Å². The Morgan fingerprint density at radius 1 is 1.33 bits per heavy atom. The van der Waals surface area contributed by atoms with Gasteiger partial charge in [0.15, 0.2) is 0 Å². The molecule has 3 nitrogen and oxygen atoms in total. The number of carbonyl (C=O) groups is 2. The summed E-state index contributed by atoms with van der Waals surface area (Å²) in [5.74, 6) is 0.845. The average Bonchev–Trinajstić information content (AvgIpc) is 2.60. The summed E-state index contributed by atoms with van der Waals surface area (Å²) in [5, 5.41) is 0. The van der Waals surface area contributed by atoms with Crippen LogP contribution < -0.4 is 0 Å². The standard InChI is InChI=1S/C15H20O3/c1-8-11-7-15(3)9(2)12(16)5-4-10(15)6-13(11)18-14(8)17/h9-10,13H,4-7H2,1-3H3/t9-,10+,13+,15+/m0/s1. The molecule has 1 aliphatic heterocycles. The summed E-state index contributed by atoms with van der Waals surface area (Å²) < 4.78 is 5.44. The van der Waals surface area contributed by atoms with Crippen LogP contribution in [0.4, 0.5) is 0 Å². The molecule has 0 radical (unpaired) electrons. The highest BCUT2D eigenvalue weighted by Crippen LogP contribution is 2.55. The minimum atomic E-state index is -0.156. The van der Waals surface area contributed by atoms with Crippen molar-refractivity contribution in [3.05, 3.63) is 11.1 Å². The van der Waals surface area contributed by atoms with Crippen molar-refractivity contribution in [1.82, 2.24) is 0 Å². The van der Waals surface area contributed by atoms with Gasteiger partial charge in [0.1, 0.15) is 11.9 Å². The van der Waals surface area contributed by atoms with E-state index in [4.69, 9.17) is 4.74 Å². The summed E-state index contributed by atoms with van der Waals surface area (Å²) in [6.07, 6.45) is 3.41. The number of Topliss-reactive ketones (excluding diaryl/α,β-unsaturated/α-hetero) is 1. The van der Waals surface area contributed by atoms with E-state index >= 15 is 0 Å². The van der Waals surface area contributed by atoms with Crippen molar-refractivity contribution < 1.29 is 14.3 Å². The second-order valence-corrected chi connectivity index (χ2v) is 6.39. The van der Waals surface area contributed by atoms with E-state index in [0.29, 0.717) is 18.1 Å². The number of hydrogen-bond acceptors (Lipinski definition) is 3. The third-order valence-electron chi connectivity index (χ3n) is 5.64. The summed E-state index contributed by atoms with van der Waals surface area (Å²) in [6.45, 7) is 6.14. The summed E-state index contributed by atoms with van der Waals surface area (Å²) in [4.78, 5) is 23.6. The Labute approximate surface area is 108 Å². The van der Waals surface area contributed by atoms with Gasteiger partial charge in [0.2, 0.25) is 0 Å². The van der Waals surface area contributed by atoms with Gasteiger partial charge in [-0.25, -0.2) is 4.79 Å². The van der Waals surface area contributed by atoms with E-state index in [1.807, 2.05) is 6.92 Å². The fourth-order valence-corrected chi connectivity index (χ4v) is 4.04. The van der Waals surface area contributed by atoms with E-state index in [1.54, 1.807) is 0 Å². The van der Waals surface area contributed by atoms with Gasteiger partial charge in [0, 0.05) is 17.9 Å². The van der Waals surface area contributed by atoms with Crippen molar-refractivity contribution in [2.24, 2.45) is 17.3 Å². The van der Waals surface area contributed by atoms with Gasteiger partial charge >= 0.3 is 5.97 Å². The van der Waals surface area contributed by atoms with Crippen LogP contribution in [0.3, 0.4) is 0 Å². The van der Waals surface area contributed by atoms with Crippen LogP contribution in [-0.4, -0.2) is 17.9 Å². The van der Waals surface area contributed by atoms with Gasteiger partial charge in [0.25, 0.3) is 0 Å². The molecule has 18 heavy (non-hydrogen) atoms. The summed E-state index contributed by atoms with van der Waals surface area (Å²) >= 11 is 0. The second kappa shape index (κ2) is 3.69. The minimum absolute atomic E-state index is 0.00372. The topological polar surface area (TPSA) is 43.4 Å². The quantitative estimate of drug-likeness (QED) is 0.619. The second-order valence-electron chi connectivity index (χ2n) is 6.39. The van der Waals surface area contributed by atoms with E-state index in [9.17, 15) is 9.59 Å². The molecular formula is C15H20O3. The van der Waals surface area contributed by atoms with Crippen LogP contribution in [-0.2, 0) is 14.3 Å². The largest absolute Gasteiger partial charge is 0.454 e. The Morgan fingerprint density at radius 3 is 2.78 bits per heavy atom. The molecular weight excluding hydrogens is 228 g/mol. The third kappa shape index (κ3) is 1.42. The van der Waals surface area contributed by atoms with E-state index in [1.165, 1.54) is 0 Å². The maximum absolute atomic E-state index is 12.0. The summed E-state index contributed by atoms with van der Waals surface area (Å²) in [5.41, 5.74) is 1.96. The van der Waals surface area contributed by atoms with Gasteiger partial charge < -0.3 is 4.74 Å². The van der Waals surface area contributed by atoms with Crippen LogP contribution in [0.25, 0.3) is 0 Å². The number of esters is 1. The Hall–Kier alpha value is -1.12. The van der Waals surface area contributed by atoms with Gasteiger partial charge in [-0.1, -0.05) is 13.8 Å². The maximum atomic E-state index is 12.0. The van der Waals surface area contributed by atoms with Crippen LogP contribution in [0.15, 0.2) is 11.1 Å². The zero-order valence-corrected chi connectivity index (χ0v) is 11.3. The first-order valence-electron chi connectivity index (χ1n) is 6.87. The molecule has 3 aliphatic rings. The number of ketones is 1. The molecule has 0 aromatic rings. The molecule has 3 rings (SSSR count). The average molecular weight is 248 g/mol. The lowest BCUT2D eigenvalue weighted by Crippen LogP contribution is -2.47. The molecule has 0 bridgehead atoms. The van der Waals surface area contributed by atoms with Crippen molar-refractivity contribution in [3.8, 4) is 0 Å². The molecule has 2 aliphatic carbocycles. The van der Waals surface area contributed by atoms with Crippen LogP contribution in [0.1, 0.15) is 46.5 Å². The molecule has 4 atom stereocenters. The zero-order valence-electron chi connectivity index (χ0n) is 11.3. The number of fused-ring (bicyclic) bond motifs is 2. The normalized spacial score (nSPS) is 43.6. The molecule has 3 heteroatoms. The molecule has 0 unspecified atom stereocenters. The molecule has 1 heterocycles. The number of carbonyl (C=O) groups excluding carboxylic acids is 2. The molecule has 0 aromatic carbocycles. The first kappa shape index (κ1) is 11.9. The number of rotatable bonds is 0. The van der Waals surface area contributed by atoms with Gasteiger partial charge in [-0.15, -0.1) is 0 Å². The van der Waals surface area contributed by atoms with E-state index in [-0.39, 0.29) is 23.4 Å². The van der Waals surface area contributed by atoms with Crippen LogP contribution in [0.2, 0.25) is 0 Å². The predicted molar refractivity (Wildman–Crippen MR) is 66.8 cm³/mol. The van der Waals surface area contributed by atoms with Crippen LogP contribution in [0, 0.1) is 17.3 Å². The molecule has 0 N–H and O–H groups in total. The highest BCUT2D eigenvalue weighted by Gasteiger charge is 2.52. The van der Waals surface area contributed by atoms with E-state index in [0.717, 1.165) is 30.4 Å². The number of hydrogen-bond donors (Lipinski definition) is 0. The predicted octanol–water partition coefficient (Wildman–Crippen LogP) is 2.64. The van der Waals surface area contributed by atoms with Gasteiger partial charge in [-0.05, 0) is 43.1 Å². The Morgan fingerprint density at radius 2 is 2.06 bits per heavy atom. The van der Waals surface area contributed by atoms with Gasteiger partial charge in [0.05, 0.1) is 0 Å². The summed E-state index contributed by atoms with van der Waals surface area (Å²) in [7, 11) is 0. The minimum Gasteiger partial charge on any atom is -0.454 e. The van der Waals surface area contributed by atoms with Crippen molar-refractivity contribution in [3.63, 3.8) is 0 Å². The molecule has 2 saturated carbocycles. The smallest absolute Gasteiger partial charge is 0.334 e. The van der Waals surface area contributed by atoms with E-state index in [2.05, 4.69) is 13.8 Å². The highest BCUT2D eigenvalue weighted by atomic mass is 16.5. The molecule has 2 fully saturated rings. The SMILES string of the molecule is CC1=C2C[C@@]3(C)[C@H](CCC(=O)[C@@H]3C)C[C@H]2OC1=O. The van der Waals surface area contributed by atoms with E-state index < -0.39 is 0 Å². The maximum Gasteiger partial charge on any atom is 0.334 e. The fourth-order valence-electron chi connectivity index (χ4n) is 4.04. The Kier molecular flexibility index (Phi) is 2.45. The number of ether oxygens (including phenoxy) is 1. The Balaban J connectivity index is 1.98. The highest BCUT2D eigenvalue weighted by molar-refractivity contribution is 5.92. The fraction of sp³-hybridized carbons (Fsp3) is 0.733. The molecule has 0 amide bonds. The monoisotopic (exact) mass is 248 g/mol. The lowest BCUT2D eigenvalue weighted by Gasteiger charge is -2.50. The van der Waals surface area contributed by atoms with Crippen molar-refractivity contribution in [1.29, 1.82) is 0 Å². The lowest BCUT2D eigenvalue weighted by atomic mass is 9.54. The third-order valence-corrected chi connectivity index (χ3v) is 5.64. The first-order valence-corrected chi connectivity index (χ1v) is 6.87. The van der Waals surface area contributed by atoms with Crippen molar-refractivity contribution >= 4 is 11.8 Å².